The highest BCUT2D eigenvalue weighted by Crippen LogP contribution is 2.30. The molecule has 1 fully saturated rings. The van der Waals surface area contributed by atoms with E-state index in [0.717, 1.165) is 17.3 Å². The third kappa shape index (κ3) is 4.01. The lowest BCUT2D eigenvalue weighted by atomic mass is 10.2. The minimum absolute atomic E-state index is 0.214. The Kier molecular flexibility index (Phi) is 4.78. The smallest absolute Gasteiger partial charge is 0.339 e. The van der Waals surface area contributed by atoms with Gasteiger partial charge in [-0.05, 0) is 47.7 Å². The third-order valence-electron chi connectivity index (χ3n) is 3.24. The van der Waals surface area contributed by atoms with E-state index in [1.165, 1.54) is 18.2 Å². The summed E-state index contributed by atoms with van der Waals surface area (Å²) in [6, 6.07) is 11.0. The molecule has 8 heteroatoms. The summed E-state index contributed by atoms with van der Waals surface area (Å²) >= 11 is 7.07. The van der Waals surface area contributed by atoms with Gasteiger partial charge in [-0.3, -0.25) is 4.79 Å². The van der Waals surface area contributed by atoms with Crippen molar-refractivity contribution < 1.29 is 19.8 Å². The minimum Gasteiger partial charge on any atom is -0.507 e. The molecule has 1 amide bonds. The number of phenols is 1. The minimum atomic E-state index is -1.23. The number of carboxylic acid groups (broad SMARTS) is 1. The fraction of sp³-hybridized carbons (Fsp3) is 0. The standard InChI is InChI=1S/C17H11ClN2O4S/c18-10-3-1-2-9(6-10)7-14-15(22)20-17(25-14)19-11-4-5-12(16(23)24)13(21)8-11/h1-8,21H,(H,23,24)(H,19,20,22)/b14-7-. The number of halogens is 1. The zero-order valence-electron chi connectivity index (χ0n) is 12.6. The maximum Gasteiger partial charge on any atom is 0.339 e. The van der Waals surface area contributed by atoms with Gasteiger partial charge in [0, 0.05) is 11.1 Å². The molecule has 25 heavy (non-hydrogen) atoms. The normalized spacial score (nSPS) is 17.1. The zero-order valence-corrected chi connectivity index (χ0v) is 14.1. The summed E-state index contributed by atoms with van der Waals surface area (Å²) in [5.41, 5.74) is 0.901. The van der Waals surface area contributed by atoms with Gasteiger partial charge in [-0.2, -0.15) is 0 Å². The van der Waals surface area contributed by atoms with Gasteiger partial charge >= 0.3 is 5.97 Å². The molecule has 3 N–H and O–H groups in total. The summed E-state index contributed by atoms with van der Waals surface area (Å²) in [5, 5.41) is 22.1. The predicted molar refractivity (Wildman–Crippen MR) is 97.3 cm³/mol. The maximum absolute atomic E-state index is 12.0. The van der Waals surface area contributed by atoms with Crippen molar-refractivity contribution in [1.82, 2.24) is 5.32 Å². The van der Waals surface area contributed by atoms with Crippen molar-refractivity contribution in [2.75, 3.05) is 0 Å². The largest absolute Gasteiger partial charge is 0.507 e. The highest BCUT2D eigenvalue weighted by atomic mass is 35.5. The van der Waals surface area contributed by atoms with Gasteiger partial charge in [0.15, 0.2) is 5.17 Å². The Morgan fingerprint density at radius 3 is 2.72 bits per heavy atom. The number of aromatic hydroxyl groups is 1. The number of aliphatic imine (C=N–C) groups is 1. The number of nitrogens with one attached hydrogen (secondary N) is 1. The Morgan fingerprint density at radius 1 is 1.24 bits per heavy atom. The van der Waals surface area contributed by atoms with Gasteiger partial charge in [-0.25, -0.2) is 9.79 Å². The van der Waals surface area contributed by atoms with Crippen LogP contribution in [0.1, 0.15) is 15.9 Å². The summed E-state index contributed by atoms with van der Waals surface area (Å²) in [6.45, 7) is 0. The molecule has 1 heterocycles. The maximum atomic E-state index is 12.0. The van der Waals surface area contributed by atoms with Crippen LogP contribution < -0.4 is 5.32 Å². The predicted octanol–water partition coefficient (Wildman–Crippen LogP) is 3.64. The van der Waals surface area contributed by atoms with Crippen LogP contribution in [0.3, 0.4) is 0 Å². The Morgan fingerprint density at radius 2 is 2.04 bits per heavy atom. The second-order valence-corrected chi connectivity index (χ2v) is 6.51. The molecule has 0 radical (unpaired) electrons. The van der Waals surface area contributed by atoms with Crippen molar-refractivity contribution in [3.8, 4) is 5.75 Å². The van der Waals surface area contributed by atoms with Gasteiger partial charge < -0.3 is 15.5 Å². The number of hydrogen-bond acceptors (Lipinski definition) is 5. The van der Waals surface area contributed by atoms with E-state index < -0.39 is 11.7 Å². The number of benzene rings is 2. The number of amidine groups is 1. The Bertz CT molecular complexity index is 940. The molecule has 2 aromatic rings. The van der Waals surface area contributed by atoms with E-state index in [2.05, 4.69) is 10.3 Å². The number of carboxylic acids is 1. The summed E-state index contributed by atoms with van der Waals surface area (Å²) in [4.78, 5) is 27.6. The van der Waals surface area contributed by atoms with Crippen LogP contribution in [0.5, 0.6) is 5.75 Å². The molecule has 6 nitrogen and oxygen atoms in total. The van der Waals surface area contributed by atoms with Gasteiger partial charge in [-0.1, -0.05) is 23.7 Å². The van der Waals surface area contributed by atoms with Crippen LogP contribution in [0.2, 0.25) is 5.02 Å². The van der Waals surface area contributed by atoms with Crippen LogP contribution in [0.15, 0.2) is 52.4 Å². The average molecular weight is 375 g/mol. The summed E-state index contributed by atoms with van der Waals surface area (Å²) in [5.74, 6) is -1.92. The topological polar surface area (TPSA) is 99.0 Å². The van der Waals surface area contributed by atoms with Gasteiger partial charge in [-0.15, -0.1) is 0 Å². The fourth-order valence-corrected chi connectivity index (χ4v) is 3.16. The van der Waals surface area contributed by atoms with Gasteiger partial charge in [0.25, 0.3) is 5.91 Å². The number of nitrogens with zero attached hydrogens (tertiary/aromatic N) is 1. The van der Waals surface area contributed by atoms with Crippen molar-refractivity contribution in [3.63, 3.8) is 0 Å². The SMILES string of the molecule is O=C1NC(=Nc2ccc(C(=O)O)c(O)c2)S/C1=C\c1cccc(Cl)c1. The number of rotatable bonds is 3. The molecule has 0 unspecified atom stereocenters. The molecule has 1 aliphatic heterocycles. The van der Waals surface area contributed by atoms with Crippen LogP contribution in [-0.2, 0) is 4.79 Å². The molecule has 0 saturated carbocycles. The molecule has 0 spiro atoms. The first kappa shape index (κ1) is 17.1. The Hall–Kier alpha value is -2.77. The first-order valence-electron chi connectivity index (χ1n) is 7.04. The number of carbonyl (C=O) groups excluding carboxylic acids is 1. The van der Waals surface area contributed by atoms with E-state index in [-0.39, 0.29) is 11.5 Å². The molecule has 0 aromatic heterocycles. The summed E-state index contributed by atoms with van der Waals surface area (Å²) < 4.78 is 0. The van der Waals surface area contributed by atoms with E-state index in [9.17, 15) is 14.7 Å². The monoisotopic (exact) mass is 374 g/mol. The highest BCUT2D eigenvalue weighted by molar-refractivity contribution is 8.18. The molecule has 2 aromatic carbocycles. The number of aromatic carboxylic acids is 1. The molecular formula is C17H11ClN2O4S. The van der Waals surface area contributed by atoms with Crippen molar-refractivity contribution in [3.05, 3.63) is 63.5 Å². The third-order valence-corrected chi connectivity index (χ3v) is 4.38. The summed E-state index contributed by atoms with van der Waals surface area (Å²) in [7, 11) is 0. The lowest BCUT2D eigenvalue weighted by molar-refractivity contribution is -0.115. The van der Waals surface area contributed by atoms with Crippen LogP contribution in [0.4, 0.5) is 5.69 Å². The van der Waals surface area contributed by atoms with Crippen molar-refractivity contribution >= 4 is 52.2 Å². The molecule has 0 atom stereocenters. The number of amides is 1. The molecule has 0 aliphatic carbocycles. The van der Waals surface area contributed by atoms with Gasteiger partial charge in [0.1, 0.15) is 11.3 Å². The number of carbonyl (C=O) groups is 2. The first-order chi connectivity index (χ1) is 11.9. The van der Waals surface area contributed by atoms with Gasteiger partial charge in [0.05, 0.1) is 10.6 Å². The molecule has 0 bridgehead atoms. The van der Waals surface area contributed by atoms with E-state index in [1.807, 2.05) is 6.07 Å². The van der Waals surface area contributed by atoms with E-state index in [4.69, 9.17) is 16.7 Å². The molecular weight excluding hydrogens is 364 g/mol. The molecule has 126 valence electrons. The molecule has 1 saturated heterocycles. The van der Waals surface area contributed by atoms with E-state index >= 15 is 0 Å². The Balaban J connectivity index is 1.83. The quantitative estimate of drug-likeness (QED) is 0.712. The van der Waals surface area contributed by atoms with Crippen molar-refractivity contribution in [1.29, 1.82) is 0 Å². The Labute approximate surface area is 151 Å². The van der Waals surface area contributed by atoms with Crippen LogP contribution in [-0.4, -0.2) is 27.3 Å². The number of thioether (sulfide) groups is 1. The van der Waals surface area contributed by atoms with Crippen LogP contribution in [0, 0.1) is 0 Å². The van der Waals surface area contributed by atoms with E-state index in [0.29, 0.717) is 20.8 Å². The lowest BCUT2D eigenvalue weighted by Crippen LogP contribution is -2.19. The van der Waals surface area contributed by atoms with Crippen LogP contribution in [0.25, 0.3) is 6.08 Å². The first-order valence-corrected chi connectivity index (χ1v) is 8.23. The number of hydrogen-bond donors (Lipinski definition) is 3. The molecule has 1 aliphatic rings. The van der Waals surface area contributed by atoms with E-state index in [1.54, 1.807) is 24.3 Å². The fourth-order valence-electron chi connectivity index (χ4n) is 2.12. The summed E-state index contributed by atoms with van der Waals surface area (Å²) in [6.07, 6.45) is 1.69. The highest BCUT2D eigenvalue weighted by Gasteiger charge is 2.24. The second-order valence-electron chi connectivity index (χ2n) is 5.04. The van der Waals surface area contributed by atoms with Crippen molar-refractivity contribution in [2.45, 2.75) is 0 Å². The average Bonchev–Trinajstić information content (AvgIpc) is 2.86. The second kappa shape index (κ2) is 7.00. The van der Waals surface area contributed by atoms with Crippen LogP contribution >= 0.6 is 23.4 Å². The molecule has 3 rings (SSSR count). The lowest BCUT2D eigenvalue weighted by Gasteiger charge is -2.01. The van der Waals surface area contributed by atoms with Crippen molar-refractivity contribution in [2.24, 2.45) is 4.99 Å². The van der Waals surface area contributed by atoms with Gasteiger partial charge in [0.2, 0.25) is 0 Å². The zero-order chi connectivity index (χ0) is 18.0.